The van der Waals surface area contributed by atoms with Crippen molar-refractivity contribution in [1.82, 2.24) is 4.90 Å². The fourth-order valence-corrected chi connectivity index (χ4v) is 2.88. The van der Waals surface area contributed by atoms with Gasteiger partial charge in [0.1, 0.15) is 0 Å². The van der Waals surface area contributed by atoms with Crippen LogP contribution < -0.4 is 5.32 Å². The van der Waals surface area contributed by atoms with E-state index in [4.69, 9.17) is 10.4 Å². The minimum Gasteiger partial charge on any atom is -0.480 e. The van der Waals surface area contributed by atoms with E-state index < -0.39 is 23.3 Å². The second kappa shape index (κ2) is 7.09. The highest BCUT2D eigenvalue weighted by molar-refractivity contribution is 5.69. The van der Waals surface area contributed by atoms with E-state index in [2.05, 4.69) is 5.32 Å². The summed E-state index contributed by atoms with van der Waals surface area (Å²) in [5, 5.41) is 20.7. The van der Waals surface area contributed by atoms with Gasteiger partial charge in [0.25, 0.3) is 0 Å². The summed E-state index contributed by atoms with van der Waals surface area (Å²) in [5.74, 6) is -0.893. The van der Waals surface area contributed by atoms with E-state index in [1.165, 1.54) is 6.07 Å². The van der Waals surface area contributed by atoms with Gasteiger partial charge in [-0.15, -0.1) is 0 Å². The third kappa shape index (κ3) is 4.17. The van der Waals surface area contributed by atoms with Gasteiger partial charge in [0.15, 0.2) is 0 Å². The highest BCUT2D eigenvalue weighted by Crippen LogP contribution is 2.35. The molecule has 0 aromatic heterocycles. The first kappa shape index (κ1) is 18.1. The Balaban J connectivity index is 1.99. The molecule has 1 saturated carbocycles. The van der Waals surface area contributed by atoms with Crippen molar-refractivity contribution in [2.45, 2.75) is 38.0 Å². The van der Waals surface area contributed by atoms with Crippen molar-refractivity contribution >= 4 is 11.7 Å². The van der Waals surface area contributed by atoms with Crippen LogP contribution in [0.4, 0.5) is 18.9 Å². The number of aliphatic carboxylic acids is 1. The van der Waals surface area contributed by atoms with Crippen molar-refractivity contribution in [1.29, 1.82) is 5.26 Å². The molecule has 1 aromatic rings. The van der Waals surface area contributed by atoms with Crippen LogP contribution in [-0.2, 0) is 11.0 Å². The van der Waals surface area contributed by atoms with E-state index in [9.17, 15) is 18.0 Å². The molecule has 0 aliphatic heterocycles. The minimum absolute atomic E-state index is 0.00753. The maximum absolute atomic E-state index is 12.9. The summed E-state index contributed by atoms with van der Waals surface area (Å²) in [7, 11) is 0. The van der Waals surface area contributed by atoms with Gasteiger partial charge < -0.3 is 10.4 Å². The standard InChI is InChI=1S/C16H18F3N3O2/c1-2-22(9-15(23)24)13-5-12(6-13)21-11-4-3-10(8-20)14(7-11)16(17,18)19/h3-4,7,12-13,21H,2,5-6,9H2,1H3,(H,23,24). The fraction of sp³-hybridized carbons (Fsp3) is 0.500. The lowest BCUT2D eigenvalue weighted by Gasteiger charge is -2.42. The predicted molar refractivity (Wildman–Crippen MR) is 81.5 cm³/mol. The molecule has 5 nitrogen and oxygen atoms in total. The van der Waals surface area contributed by atoms with Gasteiger partial charge >= 0.3 is 12.1 Å². The molecule has 2 N–H and O–H groups in total. The number of anilines is 1. The summed E-state index contributed by atoms with van der Waals surface area (Å²) in [4.78, 5) is 12.6. The molecule has 2 rings (SSSR count). The second-order valence-electron chi connectivity index (χ2n) is 5.79. The number of rotatable bonds is 6. The lowest BCUT2D eigenvalue weighted by atomic mass is 9.85. The van der Waals surface area contributed by atoms with Crippen LogP contribution in [0, 0.1) is 11.3 Å². The monoisotopic (exact) mass is 341 g/mol. The van der Waals surface area contributed by atoms with E-state index >= 15 is 0 Å². The van der Waals surface area contributed by atoms with Crippen molar-refractivity contribution in [2.24, 2.45) is 0 Å². The van der Waals surface area contributed by atoms with Crippen LogP contribution in [0.5, 0.6) is 0 Å². The zero-order chi connectivity index (χ0) is 17.9. The van der Waals surface area contributed by atoms with Gasteiger partial charge in [-0.05, 0) is 37.6 Å². The van der Waals surface area contributed by atoms with Gasteiger partial charge in [0.05, 0.1) is 23.7 Å². The molecule has 8 heteroatoms. The summed E-state index contributed by atoms with van der Waals surface area (Å²) in [5.41, 5.74) is -1.05. The van der Waals surface area contributed by atoms with Crippen molar-refractivity contribution in [2.75, 3.05) is 18.4 Å². The molecule has 0 radical (unpaired) electrons. The summed E-state index contributed by atoms with van der Waals surface area (Å²) >= 11 is 0. The largest absolute Gasteiger partial charge is 0.480 e. The number of nitrogens with one attached hydrogen (secondary N) is 1. The van der Waals surface area contributed by atoms with E-state index in [0.29, 0.717) is 25.1 Å². The molecule has 1 aromatic carbocycles. The molecule has 0 amide bonds. The van der Waals surface area contributed by atoms with E-state index in [-0.39, 0.29) is 18.6 Å². The first-order valence-corrected chi connectivity index (χ1v) is 7.58. The Morgan fingerprint density at radius 3 is 2.62 bits per heavy atom. The van der Waals surface area contributed by atoms with Gasteiger partial charge in [-0.2, -0.15) is 18.4 Å². The van der Waals surface area contributed by atoms with Gasteiger partial charge in [-0.3, -0.25) is 9.69 Å². The number of alkyl halides is 3. The molecule has 24 heavy (non-hydrogen) atoms. The van der Waals surface area contributed by atoms with E-state index in [0.717, 1.165) is 12.1 Å². The number of benzene rings is 1. The van der Waals surface area contributed by atoms with Crippen molar-refractivity contribution < 1.29 is 23.1 Å². The van der Waals surface area contributed by atoms with Crippen LogP contribution in [0.3, 0.4) is 0 Å². The Bertz CT molecular complexity index is 649. The van der Waals surface area contributed by atoms with Gasteiger partial charge in [-0.25, -0.2) is 0 Å². The van der Waals surface area contributed by atoms with Crippen LogP contribution in [0.1, 0.15) is 30.9 Å². The normalized spacial score (nSPS) is 20.3. The molecule has 0 heterocycles. The van der Waals surface area contributed by atoms with Gasteiger partial charge in [-0.1, -0.05) is 6.92 Å². The quantitative estimate of drug-likeness (QED) is 0.832. The Labute approximate surface area is 137 Å². The smallest absolute Gasteiger partial charge is 0.417 e. The Hall–Kier alpha value is -2.27. The third-order valence-corrected chi connectivity index (χ3v) is 4.19. The van der Waals surface area contributed by atoms with Crippen molar-refractivity contribution in [3.63, 3.8) is 0 Å². The third-order valence-electron chi connectivity index (χ3n) is 4.19. The lowest BCUT2D eigenvalue weighted by Crippen LogP contribution is -2.51. The molecule has 1 aliphatic rings. The maximum Gasteiger partial charge on any atom is 0.417 e. The van der Waals surface area contributed by atoms with Gasteiger partial charge in [0, 0.05) is 17.8 Å². The highest BCUT2D eigenvalue weighted by atomic mass is 19.4. The van der Waals surface area contributed by atoms with E-state index in [1.807, 2.05) is 11.8 Å². The molecule has 1 aliphatic carbocycles. The van der Waals surface area contributed by atoms with Crippen molar-refractivity contribution in [3.05, 3.63) is 29.3 Å². The number of nitriles is 1. The summed E-state index contributed by atoms with van der Waals surface area (Å²) < 4.78 is 38.8. The molecule has 0 unspecified atom stereocenters. The summed E-state index contributed by atoms with van der Waals surface area (Å²) in [6.07, 6.45) is -3.24. The summed E-state index contributed by atoms with van der Waals surface area (Å²) in [6.45, 7) is 2.45. The van der Waals surface area contributed by atoms with Crippen LogP contribution >= 0.6 is 0 Å². The number of carboxylic acids is 1. The number of carboxylic acid groups (broad SMARTS) is 1. The second-order valence-corrected chi connectivity index (χ2v) is 5.79. The molecule has 0 spiro atoms. The maximum atomic E-state index is 12.9. The zero-order valence-electron chi connectivity index (χ0n) is 13.1. The average Bonchev–Trinajstić information content (AvgIpc) is 2.47. The fourth-order valence-electron chi connectivity index (χ4n) is 2.88. The van der Waals surface area contributed by atoms with Gasteiger partial charge in [0.2, 0.25) is 0 Å². The van der Waals surface area contributed by atoms with Crippen LogP contribution in [0.15, 0.2) is 18.2 Å². The van der Waals surface area contributed by atoms with Crippen LogP contribution in [0.2, 0.25) is 0 Å². The molecule has 1 fully saturated rings. The SMILES string of the molecule is CCN(CC(=O)O)C1CC(Nc2ccc(C#N)c(C(F)(F)F)c2)C1. The number of hydrogen-bond acceptors (Lipinski definition) is 4. The molecule has 0 atom stereocenters. The molecule has 0 saturated heterocycles. The zero-order valence-corrected chi connectivity index (χ0v) is 13.1. The number of carbonyl (C=O) groups is 1. The average molecular weight is 341 g/mol. The Kier molecular flexibility index (Phi) is 5.34. The lowest BCUT2D eigenvalue weighted by molar-refractivity contribution is -0.139. The highest BCUT2D eigenvalue weighted by Gasteiger charge is 2.36. The summed E-state index contributed by atoms with van der Waals surface area (Å²) in [6, 6.07) is 5.21. The minimum atomic E-state index is -4.58. The molecule has 0 bridgehead atoms. The molecule has 130 valence electrons. The number of likely N-dealkylation sites (N-methyl/N-ethyl adjacent to an activating group) is 1. The Morgan fingerprint density at radius 1 is 1.46 bits per heavy atom. The predicted octanol–water partition coefficient (Wildman–Crippen LogP) is 2.93. The number of hydrogen-bond donors (Lipinski definition) is 2. The van der Waals surface area contributed by atoms with Crippen LogP contribution in [-0.4, -0.2) is 41.1 Å². The first-order valence-electron chi connectivity index (χ1n) is 7.58. The topological polar surface area (TPSA) is 76.4 Å². The van der Waals surface area contributed by atoms with Crippen LogP contribution in [0.25, 0.3) is 0 Å². The Morgan fingerprint density at radius 2 is 2.12 bits per heavy atom. The number of halogens is 3. The first-order chi connectivity index (χ1) is 11.2. The number of nitrogens with zero attached hydrogens (tertiary/aromatic N) is 2. The van der Waals surface area contributed by atoms with Crippen molar-refractivity contribution in [3.8, 4) is 6.07 Å². The van der Waals surface area contributed by atoms with E-state index in [1.54, 1.807) is 6.07 Å². The molecular formula is C16H18F3N3O2. The molecular weight excluding hydrogens is 323 g/mol.